The first-order chi connectivity index (χ1) is 5.06. The molecule has 0 bridgehead atoms. The van der Waals surface area contributed by atoms with Crippen molar-refractivity contribution in [3.8, 4) is 0 Å². The minimum atomic E-state index is -0.976. The monoisotopic (exact) mass is 161 g/mol. The normalized spacial score (nSPS) is 12.2. The van der Waals surface area contributed by atoms with E-state index in [-0.39, 0.29) is 6.42 Å². The maximum absolute atomic E-state index is 10.4. The van der Waals surface area contributed by atoms with Gasteiger partial charge in [-0.25, -0.2) is 0 Å². The largest absolute Gasteiger partial charge is 0.481 e. The van der Waals surface area contributed by atoms with E-state index in [0.29, 0.717) is 0 Å². The second-order valence-corrected chi connectivity index (χ2v) is 2.22. The van der Waals surface area contributed by atoms with Crippen molar-refractivity contribution in [3.05, 3.63) is 0 Å². The van der Waals surface area contributed by atoms with Crippen LogP contribution in [0.25, 0.3) is 0 Å². The molecule has 64 valence electrons. The number of hydrogen-bond donors (Lipinski definition) is 3. The average Bonchev–Trinajstić information content (AvgIpc) is 1.85. The summed E-state index contributed by atoms with van der Waals surface area (Å²) in [6.07, 6.45) is -0.133. The predicted molar refractivity (Wildman–Crippen MR) is 36.9 cm³/mol. The number of carboxylic acids is 1. The molecule has 1 unspecified atom stereocenters. The number of carboxylic acid groups (broad SMARTS) is 1. The molecule has 0 heterocycles. The number of nitrogens with one attached hydrogen (secondary N) is 1. The number of amides is 1. The molecule has 11 heavy (non-hydrogen) atoms. The van der Waals surface area contributed by atoms with Gasteiger partial charge in [0.15, 0.2) is 0 Å². The SMILES string of the molecule is CC(CC(=O)O)NC(=O)CO. The molecule has 1 atom stereocenters. The van der Waals surface area contributed by atoms with E-state index in [0.717, 1.165) is 0 Å². The first-order valence-corrected chi connectivity index (χ1v) is 3.18. The summed E-state index contributed by atoms with van der Waals surface area (Å²) in [7, 11) is 0. The molecule has 0 radical (unpaired) electrons. The second kappa shape index (κ2) is 4.68. The van der Waals surface area contributed by atoms with Gasteiger partial charge in [0.2, 0.25) is 5.91 Å². The van der Waals surface area contributed by atoms with Gasteiger partial charge in [-0.15, -0.1) is 0 Å². The zero-order valence-corrected chi connectivity index (χ0v) is 6.20. The average molecular weight is 161 g/mol. The van der Waals surface area contributed by atoms with E-state index in [9.17, 15) is 9.59 Å². The molecule has 0 rings (SSSR count). The molecule has 5 heteroatoms. The van der Waals surface area contributed by atoms with Crippen molar-refractivity contribution in [1.29, 1.82) is 0 Å². The minimum Gasteiger partial charge on any atom is -0.481 e. The molecule has 0 saturated heterocycles. The lowest BCUT2D eigenvalue weighted by Crippen LogP contribution is -2.35. The van der Waals surface area contributed by atoms with Crippen molar-refractivity contribution in [2.45, 2.75) is 19.4 Å². The fourth-order valence-electron chi connectivity index (χ4n) is 0.633. The molecule has 0 saturated carbocycles. The molecule has 0 aromatic heterocycles. The van der Waals surface area contributed by atoms with E-state index < -0.39 is 24.5 Å². The van der Waals surface area contributed by atoms with E-state index in [1.54, 1.807) is 6.92 Å². The summed E-state index contributed by atoms with van der Waals surface area (Å²) < 4.78 is 0. The summed E-state index contributed by atoms with van der Waals surface area (Å²) in [6.45, 7) is 0.950. The minimum absolute atomic E-state index is 0.133. The quantitative estimate of drug-likeness (QED) is 0.491. The van der Waals surface area contributed by atoms with E-state index in [1.165, 1.54) is 0 Å². The standard InChI is InChI=1S/C6H11NO4/c1-4(2-6(10)11)7-5(9)3-8/h4,8H,2-3H2,1H3,(H,7,9)(H,10,11). The zero-order valence-electron chi connectivity index (χ0n) is 6.20. The van der Waals surface area contributed by atoms with Crippen LogP contribution in [0.2, 0.25) is 0 Å². The number of aliphatic hydroxyl groups is 1. The fourth-order valence-corrected chi connectivity index (χ4v) is 0.633. The Kier molecular flexibility index (Phi) is 4.21. The van der Waals surface area contributed by atoms with Crippen molar-refractivity contribution in [3.63, 3.8) is 0 Å². The van der Waals surface area contributed by atoms with E-state index in [1.807, 2.05) is 0 Å². The van der Waals surface area contributed by atoms with Crippen molar-refractivity contribution in [1.82, 2.24) is 5.32 Å². The van der Waals surface area contributed by atoms with Crippen molar-refractivity contribution >= 4 is 11.9 Å². The first-order valence-electron chi connectivity index (χ1n) is 3.18. The van der Waals surface area contributed by atoms with Crippen LogP contribution >= 0.6 is 0 Å². The number of carbonyl (C=O) groups excluding carboxylic acids is 1. The highest BCUT2D eigenvalue weighted by molar-refractivity contribution is 5.78. The van der Waals surface area contributed by atoms with Crippen LogP contribution in [0.4, 0.5) is 0 Å². The maximum atomic E-state index is 10.4. The number of aliphatic hydroxyl groups excluding tert-OH is 1. The van der Waals surface area contributed by atoms with Gasteiger partial charge in [-0.3, -0.25) is 9.59 Å². The van der Waals surface area contributed by atoms with Crippen LogP contribution in [0.3, 0.4) is 0 Å². The smallest absolute Gasteiger partial charge is 0.305 e. The van der Waals surface area contributed by atoms with Gasteiger partial charge in [-0.05, 0) is 6.92 Å². The van der Waals surface area contributed by atoms with Crippen LogP contribution in [0.15, 0.2) is 0 Å². The Morgan fingerprint density at radius 1 is 1.55 bits per heavy atom. The highest BCUT2D eigenvalue weighted by atomic mass is 16.4. The molecule has 0 spiro atoms. The Morgan fingerprint density at radius 2 is 2.09 bits per heavy atom. The van der Waals surface area contributed by atoms with Gasteiger partial charge < -0.3 is 15.5 Å². The summed E-state index contributed by atoms with van der Waals surface area (Å²) in [5.74, 6) is -1.53. The molecule has 3 N–H and O–H groups in total. The van der Waals surface area contributed by atoms with Gasteiger partial charge in [-0.2, -0.15) is 0 Å². The first kappa shape index (κ1) is 9.90. The molecule has 0 aliphatic carbocycles. The van der Waals surface area contributed by atoms with Gasteiger partial charge in [-0.1, -0.05) is 0 Å². The van der Waals surface area contributed by atoms with Gasteiger partial charge >= 0.3 is 5.97 Å². The third-order valence-corrected chi connectivity index (χ3v) is 1.03. The fraction of sp³-hybridized carbons (Fsp3) is 0.667. The number of rotatable bonds is 4. The van der Waals surface area contributed by atoms with Gasteiger partial charge in [0, 0.05) is 6.04 Å². The molecule has 0 fully saturated rings. The van der Waals surface area contributed by atoms with E-state index >= 15 is 0 Å². The van der Waals surface area contributed by atoms with Crippen LogP contribution in [0, 0.1) is 0 Å². The molecule has 0 aliphatic rings. The second-order valence-electron chi connectivity index (χ2n) is 2.22. The molecule has 0 aromatic carbocycles. The number of aliphatic carboxylic acids is 1. The Morgan fingerprint density at radius 3 is 2.45 bits per heavy atom. The Bertz CT molecular complexity index is 157. The van der Waals surface area contributed by atoms with Crippen molar-refractivity contribution in [2.24, 2.45) is 0 Å². The summed E-state index contributed by atoms with van der Waals surface area (Å²) in [4.78, 5) is 20.5. The van der Waals surface area contributed by atoms with Gasteiger partial charge in [0.25, 0.3) is 0 Å². The Hall–Kier alpha value is -1.10. The predicted octanol–water partition coefficient (Wildman–Crippen LogP) is -1.04. The summed E-state index contributed by atoms with van der Waals surface area (Å²) in [5.41, 5.74) is 0. The zero-order chi connectivity index (χ0) is 8.85. The molecule has 0 aromatic rings. The lowest BCUT2D eigenvalue weighted by atomic mass is 10.2. The van der Waals surface area contributed by atoms with E-state index in [2.05, 4.69) is 5.32 Å². The molecule has 1 amide bonds. The number of hydrogen-bond acceptors (Lipinski definition) is 3. The van der Waals surface area contributed by atoms with Crippen molar-refractivity contribution < 1.29 is 19.8 Å². The van der Waals surface area contributed by atoms with Crippen LogP contribution < -0.4 is 5.32 Å². The Balaban J connectivity index is 3.60. The third kappa shape index (κ3) is 5.35. The topological polar surface area (TPSA) is 86.6 Å². The van der Waals surface area contributed by atoms with Crippen LogP contribution in [-0.4, -0.2) is 34.7 Å². The van der Waals surface area contributed by atoms with Crippen molar-refractivity contribution in [2.75, 3.05) is 6.61 Å². The van der Waals surface area contributed by atoms with Crippen LogP contribution in [-0.2, 0) is 9.59 Å². The van der Waals surface area contributed by atoms with E-state index in [4.69, 9.17) is 10.2 Å². The highest BCUT2D eigenvalue weighted by Gasteiger charge is 2.09. The number of carbonyl (C=O) groups is 2. The lowest BCUT2D eigenvalue weighted by Gasteiger charge is -2.09. The molecule has 0 aliphatic heterocycles. The Labute approximate surface area is 64.0 Å². The summed E-state index contributed by atoms with van der Waals surface area (Å²) in [6, 6.07) is -0.438. The summed E-state index contributed by atoms with van der Waals surface area (Å²) >= 11 is 0. The van der Waals surface area contributed by atoms with Crippen LogP contribution in [0.1, 0.15) is 13.3 Å². The maximum Gasteiger partial charge on any atom is 0.305 e. The van der Waals surface area contributed by atoms with Crippen LogP contribution in [0.5, 0.6) is 0 Å². The molecule has 5 nitrogen and oxygen atoms in total. The molecular weight excluding hydrogens is 150 g/mol. The third-order valence-electron chi connectivity index (χ3n) is 1.03. The lowest BCUT2D eigenvalue weighted by molar-refractivity contribution is -0.137. The highest BCUT2D eigenvalue weighted by Crippen LogP contribution is 1.88. The summed E-state index contributed by atoms with van der Waals surface area (Å²) in [5, 5.41) is 18.8. The van der Waals surface area contributed by atoms with Gasteiger partial charge in [0.1, 0.15) is 6.61 Å². The molecular formula is C6H11NO4. The van der Waals surface area contributed by atoms with Gasteiger partial charge in [0.05, 0.1) is 6.42 Å².